The lowest BCUT2D eigenvalue weighted by Crippen LogP contribution is -2.32. The number of benzene rings is 3. The van der Waals surface area contributed by atoms with Gasteiger partial charge in [-0.3, -0.25) is 19.2 Å². The van der Waals surface area contributed by atoms with Gasteiger partial charge >= 0.3 is 5.97 Å². The zero-order valence-corrected chi connectivity index (χ0v) is 24.3. The Morgan fingerprint density at radius 2 is 1.07 bits per heavy atom. The van der Waals surface area contributed by atoms with Crippen molar-refractivity contribution < 1.29 is 23.9 Å². The van der Waals surface area contributed by atoms with Gasteiger partial charge in [0.25, 0.3) is 0 Å². The summed E-state index contributed by atoms with van der Waals surface area (Å²) in [5.41, 5.74) is 1.50. The van der Waals surface area contributed by atoms with Crippen LogP contribution in [0.4, 0.5) is 17.1 Å². The smallest absolute Gasteiger partial charge is 0.306 e. The fourth-order valence-electron chi connectivity index (χ4n) is 5.18. The maximum atomic E-state index is 13.3. The molecule has 3 aromatic rings. The van der Waals surface area contributed by atoms with Crippen molar-refractivity contribution in [2.45, 2.75) is 52.9 Å². The number of methoxy groups -OCH3 is 1. The van der Waals surface area contributed by atoms with Crippen molar-refractivity contribution in [2.75, 3.05) is 23.1 Å². The number of carbonyl (C=O) groups excluding carboxylic acids is 4. The summed E-state index contributed by atoms with van der Waals surface area (Å²) in [5.74, 6) is -2.52. The van der Waals surface area contributed by atoms with E-state index in [9.17, 15) is 19.2 Å². The lowest BCUT2D eigenvalue weighted by molar-refractivity contribution is -0.143. The van der Waals surface area contributed by atoms with E-state index in [4.69, 9.17) is 4.74 Å². The Labute approximate surface area is 241 Å². The minimum Gasteiger partial charge on any atom is -0.469 e. The van der Waals surface area contributed by atoms with Crippen LogP contribution in [0.5, 0.6) is 0 Å². The summed E-state index contributed by atoms with van der Waals surface area (Å²) in [6.45, 7) is 7.97. The van der Waals surface area contributed by atoms with Crippen LogP contribution in [0.2, 0.25) is 0 Å². The highest BCUT2D eigenvalue weighted by atomic mass is 16.5. The maximum absolute atomic E-state index is 13.3. The van der Waals surface area contributed by atoms with Gasteiger partial charge in [-0.05, 0) is 59.2 Å². The lowest BCUT2D eigenvalue weighted by atomic mass is 9.72. The Morgan fingerprint density at radius 3 is 1.54 bits per heavy atom. The van der Waals surface area contributed by atoms with Crippen LogP contribution >= 0.6 is 0 Å². The molecule has 0 heterocycles. The van der Waals surface area contributed by atoms with Crippen molar-refractivity contribution in [1.82, 2.24) is 0 Å². The highest BCUT2D eigenvalue weighted by Gasteiger charge is 2.33. The monoisotopic (exact) mass is 557 g/mol. The fraction of sp³-hybridized carbons (Fsp3) is 0.333. The molecule has 41 heavy (non-hydrogen) atoms. The molecule has 0 fully saturated rings. The summed E-state index contributed by atoms with van der Waals surface area (Å²) >= 11 is 0. The average molecular weight is 558 g/mol. The molecule has 0 unspecified atom stereocenters. The molecule has 0 aromatic heterocycles. The van der Waals surface area contributed by atoms with Gasteiger partial charge in [-0.1, -0.05) is 76.2 Å². The quantitative estimate of drug-likeness (QED) is 0.177. The topological polar surface area (TPSA) is 114 Å². The molecule has 0 aliphatic rings. The molecular formula is C33H39N3O5. The van der Waals surface area contributed by atoms with E-state index in [0.717, 1.165) is 0 Å². The van der Waals surface area contributed by atoms with Gasteiger partial charge in [0.15, 0.2) is 0 Å². The van der Waals surface area contributed by atoms with Crippen molar-refractivity contribution in [3.63, 3.8) is 0 Å². The van der Waals surface area contributed by atoms with E-state index < -0.39 is 17.7 Å². The third-order valence-electron chi connectivity index (χ3n) is 6.58. The second kappa shape index (κ2) is 13.7. The van der Waals surface area contributed by atoms with Crippen LogP contribution in [0.15, 0.2) is 84.9 Å². The van der Waals surface area contributed by atoms with Gasteiger partial charge in [0.1, 0.15) is 5.92 Å². The van der Waals surface area contributed by atoms with Crippen molar-refractivity contribution in [3.05, 3.63) is 90.5 Å². The van der Waals surface area contributed by atoms with E-state index in [1.807, 2.05) is 39.8 Å². The number of esters is 1. The van der Waals surface area contributed by atoms with E-state index in [0.29, 0.717) is 29.0 Å². The van der Waals surface area contributed by atoms with E-state index in [1.54, 1.807) is 72.8 Å². The summed E-state index contributed by atoms with van der Waals surface area (Å²) in [5, 5.41) is 8.54. The van der Waals surface area contributed by atoms with Gasteiger partial charge in [0.2, 0.25) is 17.7 Å². The number of nitrogens with one attached hydrogen (secondary N) is 3. The van der Waals surface area contributed by atoms with Crippen LogP contribution in [-0.2, 0) is 23.9 Å². The first-order chi connectivity index (χ1) is 19.4. The fourth-order valence-corrected chi connectivity index (χ4v) is 5.18. The summed E-state index contributed by atoms with van der Waals surface area (Å²) in [4.78, 5) is 51.3. The standard InChI is InChI=1S/C33H39N3O5/c1-32(2,22-33(3,4)21-28(38)41-5)20-27(37)34-26-18-16-23(17-19-26)29(30(39)35-24-12-8-6-9-13-24)31(40)36-25-14-10-7-11-15-25/h6-19,29H,20-22H2,1-5H3,(H,34,37)(H,35,39)(H,36,40). The van der Waals surface area contributed by atoms with Crippen LogP contribution in [-0.4, -0.2) is 30.8 Å². The number of para-hydroxylation sites is 2. The van der Waals surface area contributed by atoms with E-state index in [2.05, 4.69) is 16.0 Å². The van der Waals surface area contributed by atoms with Crippen molar-refractivity contribution in [1.29, 1.82) is 0 Å². The molecule has 216 valence electrons. The Morgan fingerprint density at radius 1 is 0.634 bits per heavy atom. The number of carbonyl (C=O) groups is 4. The predicted octanol–water partition coefficient (Wildman–Crippen LogP) is 6.38. The summed E-state index contributed by atoms with van der Waals surface area (Å²) in [6, 6.07) is 24.6. The molecule has 3 N–H and O–H groups in total. The molecule has 3 aromatic carbocycles. The van der Waals surface area contributed by atoms with Gasteiger partial charge in [-0.25, -0.2) is 0 Å². The second-order valence-corrected chi connectivity index (χ2v) is 11.7. The summed E-state index contributed by atoms with van der Waals surface area (Å²) < 4.78 is 4.81. The van der Waals surface area contributed by atoms with Crippen molar-refractivity contribution >= 4 is 40.8 Å². The van der Waals surface area contributed by atoms with Gasteiger partial charge < -0.3 is 20.7 Å². The predicted molar refractivity (Wildman–Crippen MR) is 161 cm³/mol. The molecule has 8 heteroatoms. The molecule has 0 saturated carbocycles. The van der Waals surface area contributed by atoms with Gasteiger partial charge in [-0.15, -0.1) is 0 Å². The largest absolute Gasteiger partial charge is 0.469 e. The highest BCUT2D eigenvalue weighted by Crippen LogP contribution is 2.38. The Kier molecular flexibility index (Phi) is 10.4. The molecule has 3 rings (SSSR count). The zero-order chi connectivity index (χ0) is 30.0. The number of amides is 3. The maximum Gasteiger partial charge on any atom is 0.306 e. The summed E-state index contributed by atoms with van der Waals surface area (Å²) in [6.07, 6.45) is 1.17. The summed E-state index contributed by atoms with van der Waals surface area (Å²) in [7, 11) is 1.37. The van der Waals surface area contributed by atoms with Crippen LogP contribution in [0.3, 0.4) is 0 Å². The molecule has 0 aliphatic heterocycles. The highest BCUT2D eigenvalue weighted by molar-refractivity contribution is 6.15. The van der Waals surface area contributed by atoms with Crippen LogP contribution in [0, 0.1) is 10.8 Å². The average Bonchev–Trinajstić information content (AvgIpc) is 2.89. The minimum atomic E-state index is -1.13. The van der Waals surface area contributed by atoms with E-state index >= 15 is 0 Å². The molecule has 0 saturated heterocycles. The first-order valence-corrected chi connectivity index (χ1v) is 13.6. The number of anilines is 3. The van der Waals surface area contributed by atoms with Crippen molar-refractivity contribution in [2.24, 2.45) is 10.8 Å². The first kappa shape index (κ1) is 31.1. The molecule has 0 atom stereocenters. The minimum absolute atomic E-state index is 0.170. The van der Waals surface area contributed by atoms with E-state index in [-0.39, 0.29) is 35.5 Å². The first-order valence-electron chi connectivity index (χ1n) is 13.6. The second-order valence-electron chi connectivity index (χ2n) is 11.7. The third-order valence-corrected chi connectivity index (χ3v) is 6.58. The number of rotatable bonds is 12. The molecule has 0 radical (unpaired) electrons. The molecule has 0 spiro atoms. The van der Waals surface area contributed by atoms with Crippen LogP contribution in [0.1, 0.15) is 58.4 Å². The third kappa shape index (κ3) is 9.90. The Bertz CT molecular complexity index is 1280. The SMILES string of the molecule is COC(=O)CC(C)(C)CC(C)(C)CC(=O)Nc1ccc(C(C(=O)Nc2ccccc2)C(=O)Nc2ccccc2)cc1. The van der Waals surface area contributed by atoms with Gasteiger partial charge in [0, 0.05) is 23.5 Å². The molecule has 8 nitrogen and oxygen atoms in total. The van der Waals surface area contributed by atoms with Crippen LogP contribution < -0.4 is 16.0 Å². The molecular weight excluding hydrogens is 518 g/mol. The molecule has 3 amide bonds. The zero-order valence-electron chi connectivity index (χ0n) is 24.3. The van der Waals surface area contributed by atoms with Gasteiger partial charge in [-0.2, -0.15) is 0 Å². The van der Waals surface area contributed by atoms with E-state index in [1.165, 1.54) is 7.11 Å². The normalized spacial score (nSPS) is 11.5. The number of hydrogen-bond donors (Lipinski definition) is 3. The molecule has 0 bridgehead atoms. The Balaban J connectivity index is 1.72. The number of hydrogen-bond acceptors (Lipinski definition) is 5. The van der Waals surface area contributed by atoms with Gasteiger partial charge in [0.05, 0.1) is 13.5 Å². The van der Waals surface area contributed by atoms with Crippen LogP contribution in [0.25, 0.3) is 0 Å². The molecule has 0 aliphatic carbocycles. The van der Waals surface area contributed by atoms with Crippen molar-refractivity contribution in [3.8, 4) is 0 Å². The number of ether oxygens (including phenoxy) is 1. The Hall–Kier alpha value is -4.46. The lowest BCUT2D eigenvalue weighted by Gasteiger charge is -2.34.